The first-order chi connectivity index (χ1) is 10.5. The quantitative estimate of drug-likeness (QED) is 0.831. The van der Waals surface area contributed by atoms with Gasteiger partial charge in [-0.2, -0.15) is 0 Å². The Labute approximate surface area is 142 Å². The second-order valence-corrected chi connectivity index (χ2v) is 9.01. The first-order valence-electron chi connectivity index (χ1n) is 8.85. The topological polar surface area (TPSA) is 33.3 Å². The average Bonchev–Trinajstić information content (AvgIpc) is 2.35. The molecule has 1 heterocycles. The van der Waals surface area contributed by atoms with Crippen LogP contribution in [0.3, 0.4) is 0 Å². The minimum Gasteiger partial charge on any atom is -0.487 e. The van der Waals surface area contributed by atoms with Gasteiger partial charge in [-0.25, -0.2) is 0 Å². The first-order valence-corrected chi connectivity index (χ1v) is 8.85. The van der Waals surface area contributed by atoms with Gasteiger partial charge in [0, 0.05) is 11.6 Å². The number of hydrogen-bond acceptors (Lipinski definition) is 3. The molecule has 0 radical (unpaired) electrons. The summed E-state index contributed by atoms with van der Waals surface area (Å²) in [6, 6.07) is 6.96. The summed E-state index contributed by atoms with van der Waals surface area (Å²) in [6.45, 7) is 16.8. The Bertz CT molecular complexity index is 531. The van der Waals surface area contributed by atoms with Crippen molar-refractivity contribution in [1.29, 1.82) is 0 Å². The lowest BCUT2D eigenvalue weighted by Crippen LogP contribution is -2.47. The zero-order chi connectivity index (χ0) is 17.3. The molecule has 0 fully saturated rings. The zero-order valence-electron chi connectivity index (χ0n) is 15.9. The third-order valence-corrected chi connectivity index (χ3v) is 4.10. The molecule has 0 spiro atoms. The first kappa shape index (κ1) is 18.1. The van der Waals surface area contributed by atoms with Crippen molar-refractivity contribution in [2.24, 2.45) is 5.41 Å². The summed E-state index contributed by atoms with van der Waals surface area (Å²) >= 11 is 0. The van der Waals surface area contributed by atoms with E-state index in [-0.39, 0.29) is 11.6 Å². The van der Waals surface area contributed by atoms with Crippen LogP contribution in [-0.2, 0) is 6.42 Å². The standard InChI is InChI=1S/C20H34N2O/c1-14(22-20(6,7)13-19(3,4)5)10-16-8-9-18-17(11-16)21-12-15(2)23-18/h8-9,11,14-15,21-22H,10,12-13H2,1-7H3. The van der Waals surface area contributed by atoms with Gasteiger partial charge < -0.3 is 15.4 Å². The normalized spacial score (nSPS) is 19.5. The van der Waals surface area contributed by atoms with Crippen LogP contribution >= 0.6 is 0 Å². The van der Waals surface area contributed by atoms with E-state index < -0.39 is 0 Å². The van der Waals surface area contributed by atoms with Gasteiger partial charge in [-0.1, -0.05) is 26.8 Å². The van der Waals surface area contributed by atoms with Crippen molar-refractivity contribution in [2.75, 3.05) is 11.9 Å². The van der Waals surface area contributed by atoms with E-state index in [4.69, 9.17) is 4.74 Å². The zero-order valence-corrected chi connectivity index (χ0v) is 15.9. The molecule has 0 aliphatic carbocycles. The fourth-order valence-corrected chi connectivity index (χ4v) is 3.91. The Morgan fingerprint density at radius 2 is 1.96 bits per heavy atom. The van der Waals surface area contributed by atoms with Gasteiger partial charge in [0.05, 0.1) is 12.2 Å². The molecule has 2 N–H and O–H groups in total. The van der Waals surface area contributed by atoms with Crippen molar-refractivity contribution < 1.29 is 4.74 Å². The van der Waals surface area contributed by atoms with Crippen molar-refractivity contribution in [3.63, 3.8) is 0 Å². The number of hydrogen-bond donors (Lipinski definition) is 2. The lowest BCUT2D eigenvalue weighted by molar-refractivity contribution is 0.224. The summed E-state index contributed by atoms with van der Waals surface area (Å²) in [5.74, 6) is 0.973. The molecule has 2 atom stereocenters. The minimum absolute atomic E-state index is 0.142. The number of fused-ring (bicyclic) bond motifs is 1. The van der Waals surface area contributed by atoms with Gasteiger partial charge in [0.1, 0.15) is 11.9 Å². The monoisotopic (exact) mass is 318 g/mol. The van der Waals surface area contributed by atoms with E-state index in [1.54, 1.807) is 0 Å². The number of nitrogens with one attached hydrogen (secondary N) is 2. The van der Waals surface area contributed by atoms with Crippen LogP contribution < -0.4 is 15.4 Å². The maximum absolute atomic E-state index is 5.85. The minimum atomic E-state index is 0.142. The highest BCUT2D eigenvalue weighted by molar-refractivity contribution is 5.59. The van der Waals surface area contributed by atoms with Crippen molar-refractivity contribution in [3.05, 3.63) is 23.8 Å². The lowest BCUT2D eigenvalue weighted by Gasteiger charge is -2.36. The fourth-order valence-electron chi connectivity index (χ4n) is 3.91. The molecule has 23 heavy (non-hydrogen) atoms. The Kier molecular flexibility index (Phi) is 5.30. The third-order valence-electron chi connectivity index (χ3n) is 4.10. The molecule has 2 unspecified atom stereocenters. The number of benzene rings is 1. The van der Waals surface area contributed by atoms with Crippen LogP contribution in [0.4, 0.5) is 5.69 Å². The Morgan fingerprint density at radius 3 is 2.61 bits per heavy atom. The molecule has 0 saturated heterocycles. The van der Waals surface area contributed by atoms with Crippen molar-refractivity contribution in [3.8, 4) is 5.75 Å². The van der Waals surface area contributed by atoms with Crippen LogP contribution in [0.25, 0.3) is 0 Å². The molecule has 2 rings (SSSR count). The molecule has 130 valence electrons. The summed E-state index contributed by atoms with van der Waals surface area (Å²) < 4.78 is 5.85. The van der Waals surface area contributed by atoms with E-state index in [9.17, 15) is 0 Å². The van der Waals surface area contributed by atoms with E-state index in [1.807, 2.05) is 0 Å². The second kappa shape index (κ2) is 6.72. The van der Waals surface area contributed by atoms with Crippen molar-refractivity contribution in [2.45, 2.75) is 79.0 Å². The van der Waals surface area contributed by atoms with Gasteiger partial charge >= 0.3 is 0 Å². The molecule has 0 amide bonds. The summed E-state index contributed by atoms with van der Waals surface area (Å²) in [5, 5.41) is 7.26. The molecule has 3 nitrogen and oxygen atoms in total. The molecule has 1 aliphatic rings. The van der Waals surface area contributed by atoms with Gasteiger partial charge in [0.25, 0.3) is 0 Å². The van der Waals surface area contributed by atoms with E-state index in [2.05, 4.69) is 77.3 Å². The Morgan fingerprint density at radius 1 is 1.26 bits per heavy atom. The van der Waals surface area contributed by atoms with Gasteiger partial charge in [-0.05, 0) is 63.6 Å². The molecule has 1 aromatic carbocycles. The van der Waals surface area contributed by atoms with Crippen LogP contribution in [0.5, 0.6) is 5.75 Å². The highest BCUT2D eigenvalue weighted by atomic mass is 16.5. The van der Waals surface area contributed by atoms with E-state index >= 15 is 0 Å². The van der Waals surface area contributed by atoms with Gasteiger partial charge in [-0.3, -0.25) is 0 Å². The molecule has 1 aromatic rings. The fraction of sp³-hybridized carbons (Fsp3) is 0.700. The van der Waals surface area contributed by atoms with Crippen molar-refractivity contribution in [1.82, 2.24) is 5.32 Å². The SMILES string of the molecule is CC(Cc1ccc2c(c1)NCC(C)O2)NC(C)(C)CC(C)(C)C. The predicted molar refractivity (Wildman–Crippen MR) is 99.5 cm³/mol. The summed E-state index contributed by atoms with van der Waals surface area (Å²) in [6.07, 6.45) is 2.42. The van der Waals surface area contributed by atoms with Crippen molar-refractivity contribution >= 4 is 5.69 Å². The molecule has 3 heteroatoms. The van der Waals surface area contributed by atoms with Crippen LogP contribution in [0.15, 0.2) is 18.2 Å². The molecule has 0 saturated carbocycles. The third kappa shape index (κ3) is 5.72. The Hall–Kier alpha value is -1.22. The van der Waals surface area contributed by atoms with E-state index in [0.717, 1.165) is 30.8 Å². The smallest absolute Gasteiger partial charge is 0.142 e. The average molecular weight is 319 g/mol. The number of rotatable bonds is 5. The molecule has 0 bridgehead atoms. The summed E-state index contributed by atoms with van der Waals surface area (Å²) in [7, 11) is 0. The molecular weight excluding hydrogens is 284 g/mol. The second-order valence-electron chi connectivity index (χ2n) is 9.01. The Balaban J connectivity index is 1.96. The highest BCUT2D eigenvalue weighted by Gasteiger charge is 2.26. The van der Waals surface area contributed by atoms with Crippen LogP contribution in [0.2, 0.25) is 0 Å². The lowest BCUT2D eigenvalue weighted by atomic mass is 9.81. The molecular formula is C20H34N2O. The maximum atomic E-state index is 5.85. The van der Waals surface area contributed by atoms with Crippen LogP contribution in [0.1, 0.15) is 60.5 Å². The predicted octanol–water partition coefficient (Wildman–Crippen LogP) is 4.61. The molecule has 1 aliphatic heterocycles. The number of anilines is 1. The van der Waals surface area contributed by atoms with E-state index in [0.29, 0.717) is 11.5 Å². The molecule has 0 aromatic heterocycles. The van der Waals surface area contributed by atoms with E-state index in [1.165, 1.54) is 5.56 Å². The van der Waals surface area contributed by atoms with Gasteiger partial charge in [0.2, 0.25) is 0 Å². The van der Waals surface area contributed by atoms with Crippen LogP contribution in [0, 0.1) is 5.41 Å². The van der Waals surface area contributed by atoms with Gasteiger partial charge in [-0.15, -0.1) is 0 Å². The highest BCUT2D eigenvalue weighted by Crippen LogP contribution is 2.31. The van der Waals surface area contributed by atoms with Gasteiger partial charge in [0.15, 0.2) is 0 Å². The summed E-state index contributed by atoms with van der Waals surface area (Å²) in [5.41, 5.74) is 2.95. The number of ether oxygens (including phenoxy) is 1. The maximum Gasteiger partial charge on any atom is 0.142 e. The summed E-state index contributed by atoms with van der Waals surface area (Å²) in [4.78, 5) is 0. The van der Waals surface area contributed by atoms with Crippen LogP contribution in [-0.4, -0.2) is 24.2 Å². The largest absolute Gasteiger partial charge is 0.487 e.